The largest absolute Gasteiger partial charge is 0.337 e. The highest BCUT2D eigenvalue weighted by Gasteiger charge is 2.37. The summed E-state index contributed by atoms with van der Waals surface area (Å²) >= 11 is 0. The van der Waals surface area contributed by atoms with Crippen LogP contribution in [0, 0.1) is 12.3 Å². The fourth-order valence-electron chi connectivity index (χ4n) is 3.61. The van der Waals surface area contributed by atoms with Gasteiger partial charge in [0.25, 0.3) is 5.91 Å². The maximum absolute atomic E-state index is 12.6. The lowest BCUT2D eigenvalue weighted by Crippen LogP contribution is -2.47. The lowest BCUT2D eigenvalue weighted by atomic mass is 9.71. The van der Waals surface area contributed by atoms with Crippen molar-refractivity contribution in [3.63, 3.8) is 0 Å². The number of likely N-dealkylation sites (tertiary alicyclic amines) is 1. The molecule has 1 aromatic heterocycles. The van der Waals surface area contributed by atoms with Crippen molar-refractivity contribution >= 4 is 18.3 Å². The molecule has 21 heavy (non-hydrogen) atoms. The van der Waals surface area contributed by atoms with E-state index < -0.39 is 0 Å². The van der Waals surface area contributed by atoms with Crippen LogP contribution in [0.1, 0.15) is 41.9 Å². The summed E-state index contributed by atoms with van der Waals surface area (Å²) in [5, 5.41) is 7.71. The molecule has 2 aliphatic rings. The molecule has 0 aliphatic carbocycles. The molecule has 0 atom stereocenters. The Balaban J connectivity index is 0.00000161. The van der Waals surface area contributed by atoms with Crippen LogP contribution < -0.4 is 5.32 Å². The molecular weight excluding hydrogens is 288 g/mol. The second-order valence-corrected chi connectivity index (χ2v) is 6.34. The maximum Gasteiger partial charge on any atom is 0.272 e. The van der Waals surface area contributed by atoms with Crippen LogP contribution in [0.4, 0.5) is 0 Å². The molecule has 1 amide bonds. The van der Waals surface area contributed by atoms with Crippen LogP contribution in [0.25, 0.3) is 0 Å². The Morgan fingerprint density at radius 2 is 1.86 bits per heavy atom. The summed E-state index contributed by atoms with van der Waals surface area (Å²) in [6.45, 7) is 5.98. The summed E-state index contributed by atoms with van der Waals surface area (Å²) in [6.07, 6.45) is 4.83. The van der Waals surface area contributed by atoms with Gasteiger partial charge in [-0.1, -0.05) is 0 Å². The number of nitrogens with zero attached hydrogens (tertiary/aromatic N) is 3. The molecular formula is C15H25ClN4O. The van der Waals surface area contributed by atoms with E-state index in [0.29, 0.717) is 11.1 Å². The minimum Gasteiger partial charge on any atom is -0.337 e. The van der Waals surface area contributed by atoms with Gasteiger partial charge in [-0.3, -0.25) is 9.48 Å². The highest BCUT2D eigenvalue weighted by atomic mass is 35.5. The van der Waals surface area contributed by atoms with Crippen molar-refractivity contribution in [1.82, 2.24) is 20.0 Å². The molecule has 2 fully saturated rings. The van der Waals surface area contributed by atoms with Gasteiger partial charge in [-0.15, -0.1) is 12.4 Å². The minimum absolute atomic E-state index is 0. The summed E-state index contributed by atoms with van der Waals surface area (Å²) in [6, 6.07) is 1.89. The highest BCUT2D eigenvalue weighted by Crippen LogP contribution is 2.39. The number of aryl methyl sites for hydroxylation is 2. The van der Waals surface area contributed by atoms with Crippen LogP contribution in [-0.4, -0.2) is 46.8 Å². The molecule has 3 rings (SSSR count). The first-order valence-electron chi connectivity index (χ1n) is 7.60. The molecule has 6 heteroatoms. The van der Waals surface area contributed by atoms with Gasteiger partial charge in [0.05, 0.1) is 5.69 Å². The van der Waals surface area contributed by atoms with Gasteiger partial charge >= 0.3 is 0 Å². The molecule has 5 nitrogen and oxygen atoms in total. The Kier molecular flexibility index (Phi) is 4.94. The topological polar surface area (TPSA) is 50.2 Å². The number of carbonyl (C=O) groups excluding carboxylic acids is 1. The van der Waals surface area contributed by atoms with E-state index in [9.17, 15) is 4.79 Å². The van der Waals surface area contributed by atoms with Gasteiger partial charge in [-0.05, 0) is 57.2 Å². The standard InChI is InChI=1S/C15H24N4O.ClH/c1-12-11-13(18(2)17-12)14(20)19-9-5-15(6-10-19)3-7-16-8-4-15;/h11,16H,3-10H2,1-2H3;1H. The average Bonchev–Trinajstić information content (AvgIpc) is 2.79. The number of hydrogen-bond acceptors (Lipinski definition) is 3. The Hall–Kier alpha value is -1.07. The second kappa shape index (κ2) is 6.36. The summed E-state index contributed by atoms with van der Waals surface area (Å²) in [7, 11) is 1.85. The first kappa shape index (κ1) is 16.3. The zero-order chi connectivity index (χ0) is 14.2. The molecule has 0 radical (unpaired) electrons. The fraction of sp³-hybridized carbons (Fsp3) is 0.733. The SMILES string of the molecule is Cc1cc(C(=O)N2CCC3(CCNCC3)CC2)n(C)n1.Cl. The third-order valence-electron chi connectivity index (χ3n) is 5.00. The molecule has 1 aromatic rings. The summed E-state index contributed by atoms with van der Waals surface area (Å²) in [5.74, 6) is 0.136. The Morgan fingerprint density at radius 1 is 1.24 bits per heavy atom. The van der Waals surface area contributed by atoms with Gasteiger partial charge in [-0.2, -0.15) is 5.10 Å². The van der Waals surface area contributed by atoms with E-state index in [2.05, 4.69) is 10.4 Å². The first-order chi connectivity index (χ1) is 9.60. The van der Waals surface area contributed by atoms with Crippen LogP contribution in [0.15, 0.2) is 6.07 Å². The van der Waals surface area contributed by atoms with E-state index in [1.807, 2.05) is 24.9 Å². The zero-order valence-electron chi connectivity index (χ0n) is 12.9. The molecule has 1 spiro atoms. The predicted octanol–water partition coefficient (Wildman–Crippen LogP) is 1.76. The normalized spacial score (nSPS) is 21.1. The van der Waals surface area contributed by atoms with Crippen molar-refractivity contribution in [2.24, 2.45) is 12.5 Å². The van der Waals surface area contributed by atoms with Gasteiger partial charge in [0, 0.05) is 20.1 Å². The number of hydrogen-bond donors (Lipinski definition) is 1. The fourth-order valence-corrected chi connectivity index (χ4v) is 3.61. The van der Waals surface area contributed by atoms with E-state index in [-0.39, 0.29) is 18.3 Å². The summed E-state index contributed by atoms with van der Waals surface area (Å²) in [4.78, 5) is 14.6. The van der Waals surface area contributed by atoms with Crippen molar-refractivity contribution in [1.29, 1.82) is 0 Å². The van der Waals surface area contributed by atoms with E-state index in [4.69, 9.17) is 0 Å². The summed E-state index contributed by atoms with van der Waals surface area (Å²) in [5.41, 5.74) is 2.11. The van der Waals surface area contributed by atoms with Gasteiger partial charge < -0.3 is 10.2 Å². The quantitative estimate of drug-likeness (QED) is 0.859. The number of nitrogens with one attached hydrogen (secondary N) is 1. The zero-order valence-corrected chi connectivity index (χ0v) is 13.7. The van der Waals surface area contributed by atoms with Crippen molar-refractivity contribution < 1.29 is 4.79 Å². The number of aromatic nitrogens is 2. The number of rotatable bonds is 1. The Labute approximate surface area is 132 Å². The molecule has 0 saturated carbocycles. The van der Waals surface area contributed by atoms with E-state index in [1.54, 1.807) is 4.68 Å². The number of carbonyl (C=O) groups is 1. The van der Waals surface area contributed by atoms with E-state index in [0.717, 1.165) is 44.7 Å². The maximum atomic E-state index is 12.6. The van der Waals surface area contributed by atoms with Gasteiger partial charge in [0.15, 0.2) is 0 Å². The third-order valence-corrected chi connectivity index (χ3v) is 5.00. The van der Waals surface area contributed by atoms with Crippen molar-refractivity contribution in [3.8, 4) is 0 Å². The first-order valence-corrected chi connectivity index (χ1v) is 7.60. The number of amides is 1. The van der Waals surface area contributed by atoms with Gasteiger partial charge in [-0.25, -0.2) is 0 Å². The second-order valence-electron chi connectivity index (χ2n) is 6.34. The third kappa shape index (κ3) is 3.24. The Morgan fingerprint density at radius 3 is 2.38 bits per heavy atom. The number of halogens is 1. The average molecular weight is 313 g/mol. The monoisotopic (exact) mass is 312 g/mol. The van der Waals surface area contributed by atoms with E-state index >= 15 is 0 Å². The van der Waals surface area contributed by atoms with Gasteiger partial charge in [0.1, 0.15) is 5.69 Å². The van der Waals surface area contributed by atoms with Crippen LogP contribution in [-0.2, 0) is 7.05 Å². The van der Waals surface area contributed by atoms with Gasteiger partial charge in [0.2, 0.25) is 0 Å². The minimum atomic E-state index is 0. The molecule has 3 heterocycles. The molecule has 0 unspecified atom stereocenters. The molecule has 2 saturated heterocycles. The van der Waals surface area contributed by atoms with Crippen LogP contribution >= 0.6 is 12.4 Å². The molecule has 2 aliphatic heterocycles. The molecule has 0 bridgehead atoms. The summed E-state index contributed by atoms with van der Waals surface area (Å²) < 4.78 is 1.70. The van der Waals surface area contributed by atoms with Crippen LogP contribution in [0.3, 0.4) is 0 Å². The smallest absolute Gasteiger partial charge is 0.272 e. The van der Waals surface area contributed by atoms with Crippen molar-refractivity contribution in [2.75, 3.05) is 26.2 Å². The predicted molar refractivity (Wildman–Crippen MR) is 84.9 cm³/mol. The molecule has 1 N–H and O–H groups in total. The van der Waals surface area contributed by atoms with Crippen LogP contribution in [0.2, 0.25) is 0 Å². The van der Waals surface area contributed by atoms with E-state index in [1.165, 1.54) is 12.8 Å². The highest BCUT2D eigenvalue weighted by molar-refractivity contribution is 5.92. The lowest BCUT2D eigenvalue weighted by molar-refractivity contribution is 0.0486. The van der Waals surface area contributed by atoms with Crippen molar-refractivity contribution in [3.05, 3.63) is 17.5 Å². The molecule has 0 aromatic carbocycles. The number of piperidine rings is 2. The van der Waals surface area contributed by atoms with Crippen molar-refractivity contribution in [2.45, 2.75) is 32.6 Å². The van der Waals surface area contributed by atoms with Crippen LogP contribution in [0.5, 0.6) is 0 Å². The molecule has 118 valence electrons. The Bertz CT molecular complexity index is 498. The lowest BCUT2D eigenvalue weighted by Gasteiger charge is -2.44.